The second-order valence-corrected chi connectivity index (χ2v) is 6.03. The third-order valence-electron chi connectivity index (χ3n) is 3.40. The maximum Gasteiger partial charge on any atom is 0.255 e. The van der Waals surface area contributed by atoms with Gasteiger partial charge >= 0.3 is 0 Å². The van der Waals surface area contributed by atoms with Crippen LogP contribution in [0.25, 0.3) is 0 Å². The number of rotatable bonds is 6. The first-order valence-corrected chi connectivity index (χ1v) is 7.76. The molecule has 0 saturated carbocycles. The highest BCUT2D eigenvalue weighted by Gasteiger charge is 2.20. The van der Waals surface area contributed by atoms with Crippen molar-refractivity contribution in [3.05, 3.63) is 52.2 Å². The molecule has 0 unspecified atom stereocenters. The maximum absolute atomic E-state index is 12.3. The van der Waals surface area contributed by atoms with Gasteiger partial charge in [-0.25, -0.2) is 0 Å². The number of para-hydroxylation sites is 1. The van der Waals surface area contributed by atoms with Crippen LogP contribution in [0.4, 0.5) is 0 Å². The molecule has 0 aliphatic heterocycles. The molecule has 4 nitrogen and oxygen atoms in total. The van der Waals surface area contributed by atoms with E-state index in [9.17, 15) is 4.79 Å². The predicted octanol–water partition coefficient (Wildman–Crippen LogP) is 1.37. The number of likely N-dealkylation sites (N-methyl/N-ethyl adjacent to an activating group) is 1. The van der Waals surface area contributed by atoms with E-state index in [0.29, 0.717) is 17.9 Å². The lowest BCUT2D eigenvalue weighted by atomic mass is 10.1. The van der Waals surface area contributed by atoms with Gasteiger partial charge in [0.1, 0.15) is 11.8 Å². The van der Waals surface area contributed by atoms with Crippen LogP contribution < -0.4 is 15.0 Å². The van der Waals surface area contributed by atoms with Crippen molar-refractivity contribution < 1.29 is 14.4 Å². The Labute approximate surface area is 129 Å². The standard InChI is InChI=1S/C16H20N2O2S/c1-18(2)13(15-9-6-10-21-15)11-17-16(19)12-7-4-5-8-14(12)20-3/h4-10,13H,11H2,1-3H3,(H,17,19)/p+1/t13-/m0/s1. The highest BCUT2D eigenvalue weighted by atomic mass is 32.1. The normalized spacial score (nSPS) is 12.2. The molecule has 2 aromatic rings. The number of carbonyl (C=O) groups excluding carboxylic acids is 1. The zero-order chi connectivity index (χ0) is 15.2. The van der Waals surface area contributed by atoms with Crippen LogP contribution in [0.3, 0.4) is 0 Å². The molecule has 0 saturated heterocycles. The number of amides is 1. The molecule has 2 N–H and O–H groups in total. The molecule has 0 radical (unpaired) electrons. The summed E-state index contributed by atoms with van der Waals surface area (Å²) in [6.07, 6.45) is 0. The van der Waals surface area contributed by atoms with E-state index in [1.807, 2.05) is 18.2 Å². The second-order valence-electron chi connectivity index (χ2n) is 5.06. The fraction of sp³-hybridized carbons (Fsp3) is 0.312. The Morgan fingerprint density at radius 2 is 2.05 bits per heavy atom. The fourth-order valence-corrected chi connectivity index (χ4v) is 3.16. The molecular formula is C16H21N2O2S+. The van der Waals surface area contributed by atoms with Gasteiger partial charge in [-0.2, -0.15) is 0 Å². The first-order chi connectivity index (χ1) is 10.1. The molecule has 112 valence electrons. The van der Waals surface area contributed by atoms with Gasteiger partial charge in [-0.15, -0.1) is 11.3 Å². The first kappa shape index (κ1) is 15.5. The molecule has 1 atom stereocenters. The summed E-state index contributed by atoms with van der Waals surface area (Å²) in [5.74, 6) is 0.495. The van der Waals surface area contributed by atoms with Gasteiger partial charge in [0.15, 0.2) is 0 Å². The lowest BCUT2D eigenvalue weighted by molar-refractivity contribution is -0.890. The van der Waals surface area contributed by atoms with Gasteiger partial charge in [-0.3, -0.25) is 4.79 Å². The minimum atomic E-state index is -0.102. The maximum atomic E-state index is 12.3. The lowest BCUT2D eigenvalue weighted by Gasteiger charge is -2.21. The quantitative estimate of drug-likeness (QED) is 0.846. The molecule has 0 fully saturated rings. The number of carbonyl (C=O) groups is 1. The van der Waals surface area contributed by atoms with Crippen LogP contribution in [0.2, 0.25) is 0 Å². The number of hydrogen-bond donors (Lipinski definition) is 2. The fourth-order valence-electron chi connectivity index (χ4n) is 2.20. The molecule has 1 aromatic heterocycles. The molecule has 21 heavy (non-hydrogen) atoms. The third kappa shape index (κ3) is 3.83. The Bertz CT molecular complexity index is 582. The average Bonchev–Trinajstić information content (AvgIpc) is 3.01. The van der Waals surface area contributed by atoms with E-state index in [4.69, 9.17) is 4.74 Å². The van der Waals surface area contributed by atoms with E-state index >= 15 is 0 Å². The summed E-state index contributed by atoms with van der Waals surface area (Å²) in [6, 6.07) is 11.7. The number of hydrogen-bond acceptors (Lipinski definition) is 3. The Morgan fingerprint density at radius 1 is 1.29 bits per heavy atom. The number of ether oxygens (including phenoxy) is 1. The van der Waals surface area contributed by atoms with Crippen LogP contribution in [-0.2, 0) is 0 Å². The van der Waals surface area contributed by atoms with Crippen molar-refractivity contribution in [1.82, 2.24) is 5.32 Å². The number of methoxy groups -OCH3 is 1. The molecule has 5 heteroatoms. The molecule has 1 amide bonds. The van der Waals surface area contributed by atoms with Crippen LogP contribution in [-0.4, -0.2) is 33.7 Å². The van der Waals surface area contributed by atoms with Crippen LogP contribution in [0.5, 0.6) is 5.75 Å². The molecule has 1 aromatic carbocycles. The highest BCUT2D eigenvalue weighted by molar-refractivity contribution is 7.10. The number of benzene rings is 1. The van der Waals surface area contributed by atoms with E-state index in [1.54, 1.807) is 30.6 Å². The van der Waals surface area contributed by atoms with Gasteiger partial charge in [0.25, 0.3) is 5.91 Å². The number of nitrogens with one attached hydrogen (secondary N) is 2. The molecule has 0 spiro atoms. The van der Waals surface area contributed by atoms with Crippen molar-refractivity contribution in [2.45, 2.75) is 6.04 Å². The summed E-state index contributed by atoms with van der Waals surface area (Å²) in [7, 11) is 5.77. The van der Waals surface area contributed by atoms with Gasteiger partial charge in [-0.1, -0.05) is 18.2 Å². The zero-order valence-electron chi connectivity index (χ0n) is 12.6. The predicted molar refractivity (Wildman–Crippen MR) is 85.2 cm³/mol. The zero-order valence-corrected chi connectivity index (χ0v) is 13.4. The molecule has 1 heterocycles. The monoisotopic (exact) mass is 305 g/mol. The van der Waals surface area contributed by atoms with E-state index < -0.39 is 0 Å². The third-order valence-corrected chi connectivity index (χ3v) is 4.39. The minimum Gasteiger partial charge on any atom is -0.496 e. The largest absolute Gasteiger partial charge is 0.496 e. The van der Waals surface area contributed by atoms with Crippen LogP contribution in [0.1, 0.15) is 21.3 Å². The summed E-state index contributed by atoms with van der Waals surface area (Å²) < 4.78 is 5.23. The first-order valence-electron chi connectivity index (χ1n) is 6.88. The molecular weight excluding hydrogens is 284 g/mol. The second kappa shape index (κ2) is 7.24. The molecule has 0 aliphatic carbocycles. The summed E-state index contributed by atoms with van der Waals surface area (Å²) in [5, 5.41) is 5.07. The Hall–Kier alpha value is -1.85. The topological polar surface area (TPSA) is 42.8 Å². The van der Waals surface area contributed by atoms with Gasteiger partial charge in [-0.05, 0) is 23.6 Å². The Morgan fingerprint density at radius 3 is 2.67 bits per heavy atom. The summed E-state index contributed by atoms with van der Waals surface area (Å²) in [5.41, 5.74) is 0.568. The van der Waals surface area contributed by atoms with Gasteiger partial charge in [0.2, 0.25) is 0 Å². The van der Waals surface area contributed by atoms with Gasteiger partial charge < -0.3 is 15.0 Å². The number of quaternary nitrogens is 1. The summed E-state index contributed by atoms with van der Waals surface area (Å²) in [4.78, 5) is 14.9. The van der Waals surface area contributed by atoms with E-state index in [0.717, 1.165) is 0 Å². The van der Waals surface area contributed by atoms with Crippen molar-refractivity contribution in [2.24, 2.45) is 0 Å². The van der Waals surface area contributed by atoms with E-state index in [-0.39, 0.29) is 11.9 Å². The van der Waals surface area contributed by atoms with Crippen molar-refractivity contribution in [3.63, 3.8) is 0 Å². The summed E-state index contributed by atoms with van der Waals surface area (Å²) in [6.45, 7) is 0.597. The van der Waals surface area contributed by atoms with Crippen LogP contribution in [0, 0.1) is 0 Å². The smallest absolute Gasteiger partial charge is 0.255 e. The van der Waals surface area contributed by atoms with E-state index in [1.165, 1.54) is 9.78 Å². The van der Waals surface area contributed by atoms with Crippen LogP contribution in [0.15, 0.2) is 41.8 Å². The number of thiophene rings is 1. The molecule has 0 bridgehead atoms. The summed E-state index contributed by atoms with van der Waals surface area (Å²) >= 11 is 1.72. The van der Waals surface area contributed by atoms with Crippen molar-refractivity contribution in [3.8, 4) is 5.75 Å². The Kier molecular flexibility index (Phi) is 5.36. The molecule has 2 rings (SSSR count). The van der Waals surface area contributed by atoms with Crippen molar-refractivity contribution >= 4 is 17.2 Å². The van der Waals surface area contributed by atoms with Crippen molar-refractivity contribution in [1.29, 1.82) is 0 Å². The average molecular weight is 305 g/mol. The minimum absolute atomic E-state index is 0.102. The SMILES string of the molecule is COc1ccccc1C(=O)NC[C@@H](c1cccs1)[NH+](C)C. The van der Waals surface area contributed by atoms with Gasteiger partial charge in [0.05, 0.1) is 38.2 Å². The molecule has 0 aliphatic rings. The lowest BCUT2D eigenvalue weighted by Crippen LogP contribution is -3.06. The van der Waals surface area contributed by atoms with E-state index in [2.05, 4.69) is 30.9 Å². The van der Waals surface area contributed by atoms with Crippen LogP contribution >= 0.6 is 11.3 Å². The highest BCUT2D eigenvalue weighted by Crippen LogP contribution is 2.18. The Balaban J connectivity index is 2.06. The van der Waals surface area contributed by atoms with Gasteiger partial charge in [0, 0.05) is 0 Å². The van der Waals surface area contributed by atoms with Crippen molar-refractivity contribution in [2.75, 3.05) is 27.7 Å².